The molecule has 0 radical (unpaired) electrons. The van der Waals surface area contributed by atoms with Crippen molar-refractivity contribution in [3.05, 3.63) is 50.5 Å². The van der Waals surface area contributed by atoms with E-state index in [0.29, 0.717) is 11.3 Å². The fraction of sp³-hybridized carbons (Fsp3) is 0.542. The molecule has 3 rings (SSSR count). The van der Waals surface area contributed by atoms with Crippen molar-refractivity contribution in [3.8, 4) is 0 Å². The largest absolute Gasteiger partial charge is 0.469 e. The average molecular weight is 553 g/mol. The molecule has 36 heavy (non-hydrogen) atoms. The fourth-order valence-corrected chi connectivity index (χ4v) is 8.01. The van der Waals surface area contributed by atoms with Crippen molar-refractivity contribution in [1.29, 1.82) is 0 Å². The molecular weight excluding hydrogens is 520 g/mol. The van der Waals surface area contributed by atoms with E-state index in [0.717, 1.165) is 5.56 Å². The second kappa shape index (κ2) is 9.96. The maximum Gasteiger partial charge on any atom is 0.310 e. The minimum absolute atomic E-state index is 0.0428. The zero-order valence-electron chi connectivity index (χ0n) is 21.5. The summed E-state index contributed by atoms with van der Waals surface area (Å²) in [6.07, 6.45) is -0.334. The standard InChI is InChI=1S/C24H32N2O7S2Si/c1-14(33-36(6,7)23(2,3)4)19-21(28)25-20(22(29)34)17(12-18(27)32-5)35-24(19,25)13-15-8-10-16(11-9-15)26(30)31/h8-11,14,19H,12-13H2,1-7H3,(H,29,34)/t14-,19+,24+/m1/s1. The normalized spacial score (nSPS) is 22.7. The van der Waals surface area contributed by atoms with Gasteiger partial charge in [0.1, 0.15) is 10.6 Å². The summed E-state index contributed by atoms with van der Waals surface area (Å²) in [5, 5.41) is 10.4. The number of nitro groups is 1. The summed E-state index contributed by atoms with van der Waals surface area (Å²) < 4.78 is 11.4. The van der Waals surface area contributed by atoms with Crippen molar-refractivity contribution < 1.29 is 28.5 Å². The topological polar surface area (TPSA) is 116 Å². The summed E-state index contributed by atoms with van der Waals surface area (Å²) in [6.45, 7) is 12.4. The van der Waals surface area contributed by atoms with Crippen LogP contribution >= 0.6 is 24.4 Å². The van der Waals surface area contributed by atoms with E-state index in [1.807, 2.05) is 6.92 Å². The van der Waals surface area contributed by atoms with Crippen LogP contribution < -0.4 is 0 Å². The van der Waals surface area contributed by atoms with Gasteiger partial charge in [0.15, 0.2) is 8.32 Å². The first-order valence-corrected chi connectivity index (χ1v) is 15.7. The Morgan fingerprint density at radius 2 is 1.86 bits per heavy atom. The van der Waals surface area contributed by atoms with Crippen LogP contribution in [-0.4, -0.2) is 53.2 Å². The van der Waals surface area contributed by atoms with E-state index in [1.54, 1.807) is 12.1 Å². The van der Waals surface area contributed by atoms with Crippen LogP contribution in [-0.2, 0) is 30.0 Å². The number of hydrogen-bond acceptors (Lipinski definition) is 8. The number of carbonyl (C=O) groups excluding carboxylic acids is 3. The number of nitro benzene ring substituents is 1. The lowest BCUT2D eigenvalue weighted by Crippen LogP contribution is -2.71. The predicted octanol–water partition coefficient (Wildman–Crippen LogP) is 4.68. The molecule has 0 unspecified atom stereocenters. The third-order valence-electron chi connectivity index (χ3n) is 7.23. The van der Waals surface area contributed by atoms with Crippen molar-refractivity contribution in [3.63, 3.8) is 0 Å². The molecule has 2 aliphatic heterocycles. The van der Waals surface area contributed by atoms with Gasteiger partial charge < -0.3 is 9.16 Å². The molecule has 1 amide bonds. The fourth-order valence-electron chi connectivity index (χ4n) is 4.45. The first-order chi connectivity index (χ1) is 16.6. The summed E-state index contributed by atoms with van der Waals surface area (Å²) in [5.41, 5.74) is 0.788. The lowest BCUT2D eigenvalue weighted by Gasteiger charge is -2.56. The van der Waals surface area contributed by atoms with E-state index in [1.165, 1.54) is 35.9 Å². The van der Waals surface area contributed by atoms with Gasteiger partial charge in [0.2, 0.25) is 11.0 Å². The Morgan fingerprint density at radius 1 is 1.28 bits per heavy atom. The number of ether oxygens (including phenoxy) is 1. The molecule has 0 aromatic heterocycles. The van der Waals surface area contributed by atoms with Gasteiger partial charge in [-0.15, -0.1) is 0 Å². The first-order valence-electron chi connectivity index (χ1n) is 11.5. The van der Waals surface area contributed by atoms with Gasteiger partial charge in [0.25, 0.3) is 5.69 Å². The number of carbonyl (C=O) groups is 3. The number of amides is 1. The van der Waals surface area contributed by atoms with Crippen molar-refractivity contribution in [2.75, 3.05) is 7.11 Å². The van der Waals surface area contributed by atoms with Crippen LogP contribution in [0.2, 0.25) is 18.1 Å². The predicted molar refractivity (Wildman–Crippen MR) is 143 cm³/mol. The first kappa shape index (κ1) is 28.4. The van der Waals surface area contributed by atoms with Crippen molar-refractivity contribution in [1.82, 2.24) is 4.90 Å². The van der Waals surface area contributed by atoms with Crippen LogP contribution in [0, 0.1) is 16.0 Å². The highest BCUT2D eigenvalue weighted by molar-refractivity contribution is 8.05. The summed E-state index contributed by atoms with van der Waals surface area (Å²) >= 11 is 5.29. The highest BCUT2D eigenvalue weighted by Gasteiger charge is 2.68. The van der Waals surface area contributed by atoms with Gasteiger partial charge in [-0.05, 0) is 30.6 Å². The Kier molecular flexibility index (Phi) is 7.86. The van der Waals surface area contributed by atoms with E-state index in [9.17, 15) is 24.5 Å². The molecule has 0 saturated carbocycles. The number of benzene rings is 1. The van der Waals surface area contributed by atoms with E-state index in [2.05, 4.69) is 46.5 Å². The van der Waals surface area contributed by atoms with Gasteiger partial charge in [-0.1, -0.05) is 57.3 Å². The minimum atomic E-state index is -2.24. The Morgan fingerprint density at radius 3 is 2.33 bits per heavy atom. The second-order valence-electron chi connectivity index (χ2n) is 10.6. The Balaban J connectivity index is 2.05. The number of methoxy groups -OCH3 is 1. The maximum atomic E-state index is 13.6. The Hall–Kier alpha value is -2.15. The highest BCUT2D eigenvalue weighted by atomic mass is 32.2. The second-order valence-corrected chi connectivity index (χ2v) is 17.2. The number of thioether (sulfide) groups is 1. The molecule has 0 bridgehead atoms. The molecule has 3 atom stereocenters. The maximum absolute atomic E-state index is 13.6. The van der Waals surface area contributed by atoms with Crippen LogP contribution in [0.25, 0.3) is 0 Å². The van der Waals surface area contributed by atoms with Gasteiger partial charge in [-0.2, -0.15) is 0 Å². The van der Waals surface area contributed by atoms with Gasteiger partial charge in [-0.25, -0.2) is 0 Å². The van der Waals surface area contributed by atoms with Gasteiger partial charge in [0.05, 0.1) is 30.5 Å². The molecule has 0 aliphatic carbocycles. The third kappa shape index (κ3) is 5.00. The molecule has 2 heterocycles. The van der Waals surface area contributed by atoms with Crippen LogP contribution in [0.5, 0.6) is 0 Å². The number of non-ortho nitro benzene ring substituents is 1. The summed E-state index contributed by atoms with van der Waals surface area (Å²) in [5.74, 6) is -1.41. The monoisotopic (exact) mass is 552 g/mol. The zero-order valence-corrected chi connectivity index (χ0v) is 24.2. The van der Waals surface area contributed by atoms with E-state index in [4.69, 9.17) is 9.16 Å². The lowest BCUT2D eigenvalue weighted by molar-refractivity contribution is -0.384. The zero-order chi connectivity index (χ0) is 27.2. The van der Waals surface area contributed by atoms with E-state index >= 15 is 0 Å². The number of thiol groups is 1. The molecule has 1 aromatic rings. The highest BCUT2D eigenvalue weighted by Crippen LogP contribution is 2.62. The van der Waals surface area contributed by atoms with Crippen LogP contribution in [0.4, 0.5) is 5.69 Å². The molecule has 1 aromatic carbocycles. The smallest absolute Gasteiger partial charge is 0.310 e. The molecule has 9 nitrogen and oxygen atoms in total. The molecule has 1 fully saturated rings. The SMILES string of the molecule is COC(=O)CC1=C(C(=O)S)N2C(=O)[C@H]([C@@H](C)O[Si](C)(C)C(C)(C)C)[C@]2(Cc2ccc([N+](=O)[O-])cc2)S1. The number of esters is 1. The van der Waals surface area contributed by atoms with Gasteiger partial charge >= 0.3 is 5.97 Å². The summed E-state index contributed by atoms with van der Waals surface area (Å²) in [6, 6.07) is 6.11. The Bertz CT molecular complexity index is 1130. The van der Waals surface area contributed by atoms with E-state index in [-0.39, 0.29) is 28.8 Å². The quantitative estimate of drug-likeness (QED) is 0.117. The minimum Gasteiger partial charge on any atom is -0.469 e. The van der Waals surface area contributed by atoms with Crippen molar-refractivity contribution >= 4 is 55.4 Å². The molecule has 2 aliphatic rings. The number of β-lactam (4-membered cyclic amide) rings is 1. The summed E-state index contributed by atoms with van der Waals surface area (Å²) in [7, 11) is -0.985. The Labute approximate surface area is 221 Å². The number of nitrogens with zero attached hydrogens (tertiary/aromatic N) is 2. The third-order valence-corrected chi connectivity index (χ3v) is 13.5. The molecule has 0 N–H and O–H groups in total. The average Bonchev–Trinajstić information content (AvgIpc) is 3.02. The van der Waals surface area contributed by atoms with Gasteiger partial charge in [-0.3, -0.25) is 29.4 Å². The van der Waals surface area contributed by atoms with Crippen LogP contribution in [0.15, 0.2) is 34.9 Å². The van der Waals surface area contributed by atoms with Crippen molar-refractivity contribution in [2.45, 2.75) is 69.6 Å². The molecular formula is C24H32N2O7S2Si. The summed E-state index contributed by atoms with van der Waals surface area (Å²) in [4.78, 5) is 49.8. The number of hydrogen-bond donors (Lipinski definition) is 1. The molecule has 1 saturated heterocycles. The van der Waals surface area contributed by atoms with Gasteiger partial charge in [0, 0.05) is 23.5 Å². The van der Waals surface area contributed by atoms with Crippen LogP contribution in [0.3, 0.4) is 0 Å². The molecule has 0 spiro atoms. The van der Waals surface area contributed by atoms with E-state index < -0.39 is 41.2 Å². The molecule has 12 heteroatoms. The number of rotatable bonds is 9. The van der Waals surface area contributed by atoms with Crippen molar-refractivity contribution in [2.24, 2.45) is 5.92 Å². The molecule has 196 valence electrons. The lowest BCUT2D eigenvalue weighted by atomic mass is 9.78. The van der Waals surface area contributed by atoms with Crippen LogP contribution in [0.1, 0.15) is 39.7 Å². The number of fused-ring (bicyclic) bond motifs is 1.